The minimum atomic E-state index is -1.09. The number of nitrogens with one attached hydrogen (secondary N) is 1. The van der Waals surface area contributed by atoms with Gasteiger partial charge in [-0.05, 0) is 19.1 Å². The summed E-state index contributed by atoms with van der Waals surface area (Å²) in [6, 6.07) is 8.19. The lowest BCUT2D eigenvalue weighted by atomic mass is 10.1. The van der Waals surface area contributed by atoms with Crippen molar-refractivity contribution in [2.45, 2.75) is 13.0 Å². The van der Waals surface area contributed by atoms with E-state index in [4.69, 9.17) is 5.11 Å². The number of anilines is 1. The van der Waals surface area contributed by atoms with Crippen LogP contribution in [0.15, 0.2) is 30.3 Å². The van der Waals surface area contributed by atoms with Gasteiger partial charge in [0, 0.05) is 25.2 Å². The van der Waals surface area contributed by atoms with Crippen molar-refractivity contribution < 1.29 is 14.7 Å². The van der Waals surface area contributed by atoms with Gasteiger partial charge in [0.15, 0.2) is 0 Å². The highest BCUT2D eigenvalue weighted by Gasteiger charge is 2.18. The predicted octanol–water partition coefficient (Wildman–Crippen LogP) is 1.50. The lowest BCUT2D eigenvalue weighted by Crippen LogP contribution is -2.38. The molecule has 1 heterocycles. The number of hydrogen-bond donors (Lipinski definition) is 2. The van der Waals surface area contributed by atoms with Gasteiger partial charge in [-0.1, -0.05) is 18.2 Å². The predicted molar refractivity (Wildman–Crippen MR) is 80.6 cm³/mol. The molecule has 6 nitrogen and oxygen atoms in total. The van der Waals surface area contributed by atoms with E-state index >= 15 is 0 Å². The number of para-hydroxylation sites is 1. The zero-order valence-electron chi connectivity index (χ0n) is 12.1. The molecule has 110 valence electrons. The van der Waals surface area contributed by atoms with Crippen molar-refractivity contribution in [2.75, 3.05) is 19.0 Å². The van der Waals surface area contributed by atoms with Crippen LogP contribution in [0.5, 0.6) is 0 Å². The van der Waals surface area contributed by atoms with Crippen LogP contribution in [0.2, 0.25) is 0 Å². The third-order valence-corrected chi connectivity index (χ3v) is 3.13. The van der Waals surface area contributed by atoms with Crippen molar-refractivity contribution in [3.63, 3.8) is 0 Å². The van der Waals surface area contributed by atoms with Gasteiger partial charge in [0.25, 0.3) is 5.91 Å². The molecule has 0 bridgehead atoms. The number of nitrogens with zero attached hydrogens (tertiary/aromatic N) is 2. The number of amides is 1. The third kappa shape index (κ3) is 3.10. The minimum absolute atomic E-state index is 0.200. The lowest BCUT2D eigenvalue weighted by Gasteiger charge is -2.17. The number of carboxylic acid groups (broad SMARTS) is 1. The van der Waals surface area contributed by atoms with Crippen LogP contribution < -0.4 is 10.2 Å². The van der Waals surface area contributed by atoms with E-state index in [1.54, 1.807) is 6.07 Å². The quantitative estimate of drug-likeness (QED) is 0.890. The molecule has 2 rings (SSSR count). The van der Waals surface area contributed by atoms with Crippen molar-refractivity contribution in [1.29, 1.82) is 0 Å². The standard InChI is InChI=1S/C15H17N3O3/c1-9(15(20)21)16-14(19)12-8-13(18(2)3)10-6-4-5-7-11(10)17-12/h4-9H,1-3H3,(H,16,19)(H,20,21)/t9-/m0/s1. The second-order valence-corrected chi connectivity index (χ2v) is 4.97. The summed E-state index contributed by atoms with van der Waals surface area (Å²) >= 11 is 0. The van der Waals surface area contributed by atoms with Crippen molar-refractivity contribution in [2.24, 2.45) is 0 Å². The minimum Gasteiger partial charge on any atom is -0.480 e. The van der Waals surface area contributed by atoms with Gasteiger partial charge < -0.3 is 15.3 Å². The number of pyridine rings is 1. The Balaban J connectivity index is 2.45. The number of aliphatic carboxylic acids is 1. The summed E-state index contributed by atoms with van der Waals surface area (Å²) in [6.07, 6.45) is 0. The van der Waals surface area contributed by atoms with Gasteiger partial charge in [-0.3, -0.25) is 9.59 Å². The van der Waals surface area contributed by atoms with Crippen molar-refractivity contribution in [3.05, 3.63) is 36.0 Å². The van der Waals surface area contributed by atoms with Crippen LogP contribution in [0, 0.1) is 0 Å². The molecule has 1 atom stereocenters. The summed E-state index contributed by atoms with van der Waals surface area (Å²) < 4.78 is 0. The molecule has 0 aliphatic heterocycles. The van der Waals surface area contributed by atoms with E-state index < -0.39 is 17.9 Å². The first-order valence-electron chi connectivity index (χ1n) is 6.51. The number of benzene rings is 1. The van der Waals surface area contributed by atoms with Crippen LogP contribution in [-0.4, -0.2) is 42.1 Å². The molecule has 2 N–H and O–H groups in total. The summed E-state index contributed by atoms with van der Waals surface area (Å²) in [6.45, 7) is 1.41. The second-order valence-electron chi connectivity index (χ2n) is 4.97. The number of carbonyl (C=O) groups is 2. The number of hydrogen-bond acceptors (Lipinski definition) is 4. The normalized spacial score (nSPS) is 12.0. The fourth-order valence-electron chi connectivity index (χ4n) is 1.98. The molecule has 21 heavy (non-hydrogen) atoms. The Morgan fingerprint density at radius 2 is 1.95 bits per heavy atom. The number of aromatic nitrogens is 1. The maximum atomic E-state index is 12.1. The van der Waals surface area contributed by atoms with Crippen molar-refractivity contribution in [3.8, 4) is 0 Å². The maximum Gasteiger partial charge on any atom is 0.325 e. The first-order chi connectivity index (χ1) is 9.90. The Labute approximate surface area is 122 Å². The fourth-order valence-corrected chi connectivity index (χ4v) is 1.98. The number of fused-ring (bicyclic) bond motifs is 1. The van der Waals surface area contributed by atoms with Crippen LogP contribution in [-0.2, 0) is 4.79 Å². The lowest BCUT2D eigenvalue weighted by molar-refractivity contribution is -0.138. The van der Waals surface area contributed by atoms with Crippen molar-refractivity contribution >= 4 is 28.5 Å². The van der Waals surface area contributed by atoms with Gasteiger partial charge >= 0.3 is 5.97 Å². The number of rotatable bonds is 4. The molecule has 0 fully saturated rings. The smallest absolute Gasteiger partial charge is 0.325 e. The summed E-state index contributed by atoms with van der Waals surface area (Å²) in [7, 11) is 3.76. The molecule has 0 radical (unpaired) electrons. The Bertz CT molecular complexity index is 698. The van der Waals surface area contributed by atoms with Crippen LogP contribution in [0.25, 0.3) is 10.9 Å². The zero-order valence-corrected chi connectivity index (χ0v) is 12.1. The van der Waals surface area contributed by atoms with E-state index in [1.807, 2.05) is 43.3 Å². The molecule has 1 aromatic carbocycles. The van der Waals surface area contributed by atoms with Crippen molar-refractivity contribution in [1.82, 2.24) is 10.3 Å². The van der Waals surface area contributed by atoms with Gasteiger partial charge in [-0.25, -0.2) is 4.98 Å². The highest BCUT2D eigenvalue weighted by molar-refractivity contribution is 6.01. The average Bonchev–Trinajstić information content (AvgIpc) is 2.45. The van der Waals surface area contributed by atoms with Crippen LogP contribution >= 0.6 is 0 Å². The highest BCUT2D eigenvalue weighted by Crippen LogP contribution is 2.25. The molecular weight excluding hydrogens is 270 g/mol. The first kappa shape index (κ1) is 14.8. The SMILES string of the molecule is C[C@H](NC(=O)c1cc(N(C)C)c2ccccc2n1)C(=O)O. The Hall–Kier alpha value is -2.63. The third-order valence-electron chi connectivity index (χ3n) is 3.13. The summed E-state index contributed by atoms with van der Waals surface area (Å²) in [5, 5.41) is 12.2. The van der Waals surface area contributed by atoms with E-state index in [-0.39, 0.29) is 5.69 Å². The highest BCUT2D eigenvalue weighted by atomic mass is 16.4. The van der Waals surface area contributed by atoms with E-state index in [0.717, 1.165) is 11.1 Å². The van der Waals surface area contributed by atoms with E-state index in [1.165, 1.54) is 6.92 Å². The average molecular weight is 287 g/mol. The van der Waals surface area contributed by atoms with Gasteiger partial charge in [0.2, 0.25) is 0 Å². The van der Waals surface area contributed by atoms with Crippen LogP contribution in [0.1, 0.15) is 17.4 Å². The topological polar surface area (TPSA) is 82.5 Å². The van der Waals surface area contributed by atoms with Gasteiger partial charge in [0.05, 0.1) is 5.52 Å². The Morgan fingerprint density at radius 3 is 2.57 bits per heavy atom. The molecule has 2 aromatic rings. The number of carbonyl (C=O) groups excluding carboxylic acids is 1. The number of carboxylic acids is 1. The Morgan fingerprint density at radius 1 is 1.29 bits per heavy atom. The maximum absolute atomic E-state index is 12.1. The molecule has 0 aliphatic carbocycles. The molecule has 1 amide bonds. The van der Waals surface area contributed by atoms with Gasteiger partial charge in [-0.15, -0.1) is 0 Å². The molecule has 0 spiro atoms. The fraction of sp³-hybridized carbons (Fsp3) is 0.267. The molecule has 0 unspecified atom stereocenters. The molecule has 1 aromatic heterocycles. The second kappa shape index (κ2) is 5.78. The van der Waals surface area contributed by atoms with Crippen LogP contribution in [0.4, 0.5) is 5.69 Å². The van der Waals surface area contributed by atoms with Gasteiger partial charge in [-0.2, -0.15) is 0 Å². The first-order valence-corrected chi connectivity index (χ1v) is 6.51. The Kier molecular flexibility index (Phi) is 4.07. The van der Waals surface area contributed by atoms with E-state index in [0.29, 0.717) is 5.52 Å². The monoisotopic (exact) mass is 287 g/mol. The summed E-state index contributed by atoms with van der Waals surface area (Å²) in [4.78, 5) is 29.1. The largest absolute Gasteiger partial charge is 0.480 e. The van der Waals surface area contributed by atoms with E-state index in [2.05, 4.69) is 10.3 Å². The zero-order chi connectivity index (χ0) is 15.6. The van der Waals surface area contributed by atoms with E-state index in [9.17, 15) is 9.59 Å². The van der Waals surface area contributed by atoms with Crippen LogP contribution in [0.3, 0.4) is 0 Å². The van der Waals surface area contributed by atoms with Gasteiger partial charge in [0.1, 0.15) is 11.7 Å². The molecule has 0 saturated carbocycles. The molecule has 6 heteroatoms. The summed E-state index contributed by atoms with van der Waals surface area (Å²) in [5.74, 6) is -1.59. The molecule has 0 aliphatic rings. The molecule has 0 saturated heterocycles. The summed E-state index contributed by atoms with van der Waals surface area (Å²) in [5.41, 5.74) is 1.75. The molecular formula is C15H17N3O3.